The minimum Gasteiger partial charge on any atom is -0.496 e. The van der Waals surface area contributed by atoms with Crippen LogP contribution in [0.3, 0.4) is 0 Å². The molecule has 2 rings (SSSR count). The van der Waals surface area contributed by atoms with E-state index in [9.17, 15) is 0 Å². The Morgan fingerprint density at radius 3 is 2.82 bits per heavy atom. The first-order chi connectivity index (χ1) is 8.22. The molecule has 0 fully saturated rings. The van der Waals surface area contributed by atoms with Crippen molar-refractivity contribution in [1.29, 1.82) is 0 Å². The Hall–Kier alpha value is -0.510. The highest BCUT2D eigenvalue weighted by molar-refractivity contribution is 9.09. The van der Waals surface area contributed by atoms with E-state index in [1.165, 1.54) is 4.88 Å². The zero-order valence-corrected chi connectivity index (χ0v) is 12.5. The molecule has 0 amide bonds. The molecule has 0 N–H and O–H groups in total. The second kappa shape index (κ2) is 5.89. The predicted molar refractivity (Wildman–Crippen MR) is 77.7 cm³/mol. The molecular weight excluding hydrogens is 320 g/mol. The van der Waals surface area contributed by atoms with E-state index in [0.29, 0.717) is 0 Å². The summed E-state index contributed by atoms with van der Waals surface area (Å²) in [4.78, 5) is 1.43. The normalized spacial score (nSPS) is 12.4. The van der Waals surface area contributed by atoms with Crippen molar-refractivity contribution in [3.05, 3.63) is 51.2 Å². The molecule has 0 aliphatic carbocycles. The van der Waals surface area contributed by atoms with Gasteiger partial charge < -0.3 is 4.74 Å². The molecule has 0 radical (unpaired) electrons. The molecule has 17 heavy (non-hydrogen) atoms. The quantitative estimate of drug-likeness (QED) is 0.709. The van der Waals surface area contributed by atoms with Gasteiger partial charge >= 0.3 is 0 Å². The summed E-state index contributed by atoms with van der Waals surface area (Å²) < 4.78 is 5.32. The van der Waals surface area contributed by atoms with Crippen LogP contribution < -0.4 is 4.74 Å². The van der Waals surface area contributed by atoms with Gasteiger partial charge in [-0.25, -0.2) is 0 Å². The number of ether oxygens (including phenoxy) is 1. The van der Waals surface area contributed by atoms with E-state index in [1.807, 2.05) is 29.6 Å². The van der Waals surface area contributed by atoms with Gasteiger partial charge in [0.1, 0.15) is 5.75 Å². The number of methoxy groups -OCH3 is 1. The summed E-state index contributed by atoms with van der Waals surface area (Å²) in [7, 11) is 1.70. The lowest BCUT2D eigenvalue weighted by molar-refractivity contribution is 0.412. The minimum absolute atomic E-state index is 0.234. The van der Waals surface area contributed by atoms with Crippen molar-refractivity contribution in [1.82, 2.24) is 0 Å². The molecule has 0 saturated heterocycles. The first kappa shape index (κ1) is 12.9. The van der Waals surface area contributed by atoms with Crippen LogP contribution in [-0.2, 0) is 6.42 Å². The van der Waals surface area contributed by atoms with Gasteiger partial charge in [0.05, 0.1) is 16.8 Å². The van der Waals surface area contributed by atoms with Gasteiger partial charge in [-0.15, -0.1) is 11.3 Å². The average Bonchev–Trinajstić information content (AvgIpc) is 2.80. The van der Waals surface area contributed by atoms with E-state index < -0.39 is 0 Å². The Morgan fingerprint density at radius 1 is 1.35 bits per heavy atom. The van der Waals surface area contributed by atoms with Gasteiger partial charge in [-0.3, -0.25) is 0 Å². The maximum absolute atomic E-state index is 6.15. The molecule has 0 saturated carbocycles. The molecule has 90 valence electrons. The van der Waals surface area contributed by atoms with Crippen LogP contribution in [-0.4, -0.2) is 7.11 Å². The maximum atomic E-state index is 6.15. The second-order valence-corrected chi connectivity index (χ2v) is 6.08. The third kappa shape index (κ3) is 3.03. The first-order valence-corrected chi connectivity index (χ1v) is 7.38. The van der Waals surface area contributed by atoms with Gasteiger partial charge in [0.25, 0.3) is 0 Å². The lowest BCUT2D eigenvalue weighted by Gasteiger charge is -2.11. The highest BCUT2D eigenvalue weighted by atomic mass is 79.9. The summed E-state index contributed by atoms with van der Waals surface area (Å²) in [6.45, 7) is 0. The minimum atomic E-state index is 0.234. The number of thiophene rings is 1. The van der Waals surface area contributed by atoms with Crippen molar-refractivity contribution in [3.8, 4) is 5.75 Å². The SMILES string of the molecule is COc1ccsc1C(Br)Cc1ccccc1Cl. The number of hydrogen-bond acceptors (Lipinski definition) is 2. The highest BCUT2D eigenvalue weighted by Gasteiger charge is 2.16. The molecule has 2 aromatic rings. The van der Waals surface area contributed by atoms with Gasteiger partial charge in [-0.05, 0) is 29.5 Å². The molecule has 1 atom stereocenters. The monoisotopic (exact) mass is 330 g/mol. The van der Waals surface area contributed by atoms with Crippen LogP contribution in [0.25, 0.3) is 0 Å². The van der Waals surface area contributed by atoms with Crippen LogP contribution in [0.4, 0.5) is 0 Å². The van der Waals surface area contributed by atoms with E-state index in [2.05, 4.69) is 22.0 Å². The Balaban J connectivity index is 2.17. The van der Waals surface area contributed by atoms with Crippen molar-refractivity contribution in [2.75, 3.05) is 7.11 Å². The lowest BCUT2D eigenvalue weighted by atomic mass is 10.1. The maximum Gasteiger partial charge on any atom is 0.133 e. The number of rotatable bonds is 4. The molecule has 0 aliphatic heterocycles. The van der Waals surface area contributed by atoms with E-state index in [4.69, 9.17) is 16.3 Å². The molecule has 1 heterocycles. The number of halogens is 2. The molecule has 1 nitrogen and oxygen atoms in total. The molecule has 1 aromatic heterocycles. The van der Waals surface area contributed by atoms with Crippen LogP contribution in [0.1, 0.15) is 15.3 Å². The summed E-state index contributed by atoms with van der Waals surface area (Å²) in [6.07, 6.45) is 0.858. The van der Waals surface area contributed by atoms with Crippen molar-refractivity contribution in [2.24, 2.45) is 0 Å². The number of benzene rings is 1. The molecule has 0 aliphatic rings. The Bertz CT molecular complexity index is 498. The fraction of sp³-hybridized carbons (Fsp3) is 0.231. The van der Waals surface area contributed by atoms with Crippen LogP contribution in [0.2, 0.25) is 5.02 Å². The topological polar surface area (TPSA) is 9.23 Å². The lowest BCUT2D eigenvalue weighted by Crippen LogP contribution is -1.96. The number of alkyl halides is 1. The summed E-state index contributed by atoms with van der Waals surface area (Å²) >= 11 is 11.5. The summed E-state index contributed by atoms with van der Waals surface area (Å²) in [5.41, 5.74) is 1.14. The van der Waals surface area contributed by atoms with E-state index in [0.717, 1.165) is 22.8 Å². The van der Waals surface area contributed by atoms with Gasteiger partial charge in [-0.1, -0.05) is 45.7 Å². The zero-order chi connectivity index (χ0) is 12.3. The Morgan fingerprint density at radius 2 is 2.12 bits per heavy atom. The summed E-state index contributed by atoms with van der Waals surface area (Å²) in [5, 5.41) is 2.85. The second-order valence-electron chi connectivity index (χ2n) is 3.62. The molecule has 0 spiro atoms. The van der Waals surface area contributed by atoms with Crippen LogP contribution in [0.15, 0.2) is 35.7 Å². The van der Waals surface area contributed by atoms with Crippen molar-refractivity contribution < 1.29 is 4.74 Å². The van der Waals surface area contributed by atoms with Gasteiger partial charge in [0.2, 0.25) is 0 Å². The molecule has 0 bridgehead atoms. The summed E-state index contributed by atoms with van der Waals surface area (Å²) in [6, 6.07) is 9.91. The Labute approximate surface area is 119 Å². The van der Waals surface area contributed by atoms with Gasteiger partial charge in [-0.2, -0.15) is 0 Å². The molecule has 1 unspecified atom stereocenters. The smallest absolute Gasteiger partial charge is 0.133 e. The largest absolute Gasteiger partial charge is 0.496 e. The zero-order valence-electron chi connectivity index (χ0n) is 9.32. The number of hydrogen-bond donors (Lipinski definition) is 0. The fourth-order valence-corrected chi connectivity index (χ4v) is 3.60. The predicted octanol–water partition coefficient (Wildman–Crippen LogP) is 5.09. The highest BCUT2D eigenvalue weighted by Crippen LogP contribution is 2.38. The van der Waals surface area contributed by atoms with Crippen molar-refractivity contribution in [2.45, 2.75) is 11.2 Å². The fourth-order valence-electron chi connectivity index (χ4n) is 1.66. The third-order valence-electron chi connectivity index (χ3n) is 2.52. The van der Waals surface area contributed by atoms with E-state index in [1.54, 1.807) is 18.4 Å². The summed E-state index contributed by atoms with van der Waals surface area (Å²) in [5.74, 6) is 0.934. The van der Waals surface area contributed by atoms with Gasteiger partial charge in [0, 0.05) is 5.02 Å². The van der Waals surface area contributed by atoms with E-state index in [-0.39, 0.29) is 4.83 Å². The first-order valence-electron chi connectivity index (χ1n) is 5.21. The molecular formula is C13H12BrClOS. The third-order valence-corrected chi connectivity index (χ3v) is 4.98. The van der Waals surface area contributed by atoms with Crippen molar-refractivity contribution >= 4 is 38.9 Å². The standard InChI is InChI=1S/C13H12BrClOS/c1-16-12-6-7-17-13(12)10(14)8-9-4-2-3-5-11(9)15/h2-7,10H,8H2,1H3. The van der Waals surface area contributed by atoms with Crippen LogP contribution in [0, 0.1) is 0 Å². The van der Waals surface area contributed by atoms with Crippen molar-refractivity contribution in [3.63, 3.8) is 0 Å². The average molecular weight is 332 g/mol. The van der Waals surface area contributed by atoms with Crippen LogP contribution in [0.5, 0.6) is 5.75 Å². The van der Waals surface area contributed by atoms with Crippen LogP contribution >= 0.6 is 38.9 Å². The van der Waals surface area contributed by atoms with E-state index >= 15 is 0 Å². The Kier molecular flexibility index (Phi) is 4.48. The molecule has 1 aromatic carbocycles. The van der Waals surface area contributed by atoms with Gasteiger partial charge in [0.15, 0.2) is 0 Å². The molecule has 4 heteroatoms.